The number of aryl methyl sites for hydroxylation is 2. The summed E-state index contributed by atoms with van der Waals surface area (Å²) < 4.78 is 22.8. The first kappa shape index (κ1) is 15.4. The highest BCUT2D eigenvalue weighted by atomic mass is 32.2. The third-order valence-electron chi connectivity index (χ3n) is 3.51. The number of nitrogens with two attached hydrogens (primary N) is 1. The highest BCUT2D eigenvalue weighted by Crippen LogP contribution is 2.33. The summed E-state index contributed by atoms with van der Waals surface area (Å²) in [5, 5.41) is 15.0. The van der Waals surface area contributed by atoms with Crippen LogP contribution in [-0.2, 0) is 14.8 Å². The number of amides is 1. The molecule has 0 spiro atoms. The van der Waals surface area contributed by atoms with Gasteiger partial charge >= 0.3 is 0 Å². The van der Waals surface area contributed by atoms with Crippen molar-refractivity contribution in [2.45, 2.75) is 25.5 Å². The van der Waals surface area contributed by atoms with Gasteiger partial charge in [0.1, 0.15) is 5.25 Å². The number of carbonyl (C=O) groups excluding carboxylic acids is 1. The van der Waals surface area contributed by atoms with Crippen LogP contribution in [0, 0.1) is 24.0 Å². The zero-order chi connectivity index (χ0) is 15.9. The summed E-state index contributed by atoms with van der Waals surface area (Å²) >= 11 is 0. The van der Waals surface area contributed by atoms with Crippen molar-refractivity contribution >= 4 is 27.3 Å². The van der Waals surface area contributed by atoms with Gasteiger partial charge in [0.25, 0.3) is 5.69 Å². The zero-order valence-corrected chi connectivity index (χ0v) is 12.4. The number of rotatable bonds is 3. The van der Waals surface area contributed by atoms with E-state index in [0.29, 0.717) is 16.8 Å². The minimum absolute atomic E-state index is 0.0306. The predicted octanol–water partition coefficient (Wildman–Crippen LogP) is 0.605. The van der Waals surface area contributed by atoms with Gasteiger partial charge < -0.3 is 4.90 Å². The molecule has 0 aromatic heterocycles. The molecule has 1 saturated heterocycles. The number of nitro groups is 1. The van der Waals surface area contributed by atoms with E-state index in [2.05, 4.69) is 0 Å². The second-order valence-corrected chi connectivity index (χ2v) is 6.95. The molecule has 1 heterocycles. The maximum Gasteiger partial charge on any atom is 0.270 e. The molecule has 1 fully saturated rings. The Bertz CT molecular complexity index is 705. The third-order valence-corrected chi connectivity index (χ3v) is 4.76. The van der Waals surface area contributed by atoms with E-state index < -0.39 is 20.2 Å². The Balaban J connectivity index is 2.44. The molecule has 9 heteroatoms. The van der Waals surface area contributed by atoms with Crippen LogP contribution in [0.2, 0.25) is 0 Å². The van der Waals surface area contributed by atoms with Gasteiger partial charge in [0, 0.05) is 30.8 Å². The molecule has 1 aromatic rings. The number of hydrogen-bond acceptors (Lipinski definition) is 5. The summed E-state index contributed by atoms with van der Waals surface area (Å²) in [6.07, 6.45) is -0.172. The van der Waals surface area contributed by atoms with Crippen molar-refractivity contribution in [1.82, 2.24) is 0 Å². The topological polar surface area (TPSA) is 124 Å². The molecule has 1 aliphatic rings. The van der Waals surface area contributed by atoms with Gasteiger partial charge in [-0.15, -0.1) is 0 Å². The summed E-state index contributed by atoms with van der Waals surface area (Å²) in [5.74, 6) is -0.353. The van der Waals surface area contributed by atoms with Gasteiger partial charge in [-0.2, -0.15) is 0 Å². The number of non-ortho nitro benzene ring substituents is 1. The van der Waals surface area contributed by atoms with E-state index in [1.165, 1.54) is 17.0 Å². The molecule has 8 nitrogen and oxygen atoms in total. The maximum atomic E-state index is 12.0. The Kier molecular flexibility index (Phi) is 3.72. The van der Waals surface area contributed by atoms with Crippen LogP contribution in [-0.4, -0.2) is 31.0 Å². The van der Waals surface area contributed by atoms with Crippen molar-refractivity contribution in [3.63, 3.8) is 0 Å². The molecular formula is C12H15N3O5S. The predicted molar refractivity (Wildman–Crippen MR) is 76.4 cm³/mol. The van der Waals surface area contributed by atoms with Crippen LogP contribution < -0.4 is 10.0 Å². The molecule has 114 valence electrons. The fourth-order valence-electron chi connectivity index (χ4n) is 2.58. The number of hydrogen-bond donors (Lipinski definition) is 1. The van der Waals surface area contributed by atoms with Crippen LogP contribution in [0.4, 0.5) is 11.4 Å². The van der Waals surface area contributed by atoms with Crippen LogP contribution >= 0.6 is 0 Å². The minimum atomic E-state index is -3.79. The zero-order valence-electron chi connectivity index (χ0n) is 11.6. The Morgan fingerprint density at radius 2 is 1.86 bits per heavy atom. The molecule has 1 amide bonds. The lowest BCUT2D eigenvalue weighted by molar-refractivity contribution is -0.384. The molecule has 1 unspecified atom stereocenters. The number of benzene rings is 1. The highest BCUT2D eigenvalue weighted by Gasteiger charge is 2.38. The quantitative estimate of drug-likeness (QED) is 0.646. The number of nitro benzene ring substituents is 1. The van der Waals surface area contributed by atoms with Crippen molar-refractivity contribution in [3.8, 4) is 0 Å². The van der Waals surface area contributed by atoms with Crippen LogP contribution in [0.15, 0.2) is 12.1 Å². The Morgan fingerprint density at radius 1 is 1.33 bits per heavy atom. The summed E-state index contributed by atoms with van der Waals surface area (Å²) in [6, 6.07) is 2.72. The van der Waals surface area contributed by atoms with Crippen molar-refractivity contribution in [2.24, 2.45) is 5.14 Å². The van der Waals surface area contributed by atoms with E-state index in [1.54, 1.807) is 13.8 Å². The van der Waals surface area contributed by atoms with E-state index in [-0.39, 0.29) is 24.6 Å². The molecular weight excluding hydrogens is 298 g/mol. The third kappa shape index (κ3) is 2.88. The number of nitrogens with zero attached hydrogens (tertiary/aromatic N) is 2. The molecule has 21 heavy (non-hydrogen) atoms. The molecule has 2 N–H and O–H groups in total. The monoisotopic (exact) mass is 313 g/mol. The van der Waals surface area contributed by atoms with Gasteiger partial charge in [-0.3, -0.25) is 14.9 Å². The van der Waals surface area contributed by atoms with Crippen molar-refractivity contribution in [3.05, 3.63) is 33.4 Å². The maximum absolute atomic E-state index is 12.0. The van der Waals surface area contributed by atoms with E-state index in [4.69, 9.17) is 5.14 Å². The Hall–Kier alpha value is -2.00. The summed E-state index contributed by atoms with van der Waals surface area (Å²) in [5.41, 5.74) is 1.54. The van der Waals surface area contributed by atoms with Crippen LogP contribution in [0.5, 0.6) is 0 Å². The molecule has 2 rings (SSSR count). The van der Waals surface area contributed by atoms with Crippen molar-refractivity contribution < 1.29 is 18.1 Å². The fraction of sp³-hybridized carbons (Fsp3) is 0.417. The smallest absolute Gasteiger partial charge is 0.270 e. The Labute approximate surface area is 121 Å². The first-order valence-electron chi connectivity index (χ1n) is 6.19. The van der Waals surface area contributed by atoms with Gasteiger partial charge in [-0.05, 0) is 25.0 Å². The lowest BCUT2D eigenvalue weighted by Crippen LogP contribution is -2.32. The highest BCUT2D eigenvalue weighted by molar-refractivity contribution is 7.89. The van der Waals surface area contributed by atoms with E-state index in [0.717, 1.165) is 0 Å². The van der Waals surface area contributed by atoms with E-state index >= 15 is 0 Å². The number of carbonyl (C=O) groups is 1. The molecule has 0 bridgehead atoms. The van der Waals surface area contributed by atoms with Crippen molar-refractivity contribution in [1.29, 1.82) is 0 Å². The van der Waals surface area contributed by atoms with Gasteiger partial charge in [0.2, 0.25) is 15.9 Å². The summed E-state index contributed by atoms with van der Waals surface area (Å²) in [4.78, 5) is 23.7. The number of sulfonamides is 1. The van der Waals surface area contributed by atoms with Gasteiger partial charge in [-0.25, -0.2) is 13.6 Å². The average molecular weight is 313 g/mol. The van der Waals surface area contributed by atoms with E-state index in [1.807, 2.05) is 0 Å². The largest absolute Gasteiger partial charge is 0.310 e. The van der Waals surface area contributed by atoms with Gasteiger partial charge in [-0.1, -0.05) is 0 Å². The fourth-order valence-corrected chi connectivity index (χ4v) is 3.31. The SMILES string of the molecule is Cc1cc([N+](=O)[O-])cc(C)c1N1CC(S(N)(=O)=O)CC1=O. The van der Waals surface area contributed by atoms with Crippen LogP contribution in [0.1, 0.15) is 17.5 Å². The van der Waals surface area contributed by atoms with Crippen LogP contribution in [0.3, 0.4) is 0 Å². The second-order valence-electron chi connectivity index (χ2n) is 5.10. The van der Waals surface area contributed by atoms with Crippen molar-refractivity contribution in [2.75, 3.05) is 11.4 Å². The molecule has 1 aromatic carbocycles. The molecule has 1 aliphatic heterocycles. The second kappa shape index (κ2) is 5.08. The minimum Gasteiger partial charge on any atom is -0.310 e. The Morgan fingerprint density at radius 3 is 2.24 bits per heavy atom. The first-order chi connectivity index (χ1) is 9.61. The summed E-state index contributed by atoms with van der Waals surface area (Å²) in [7, 11) is -3.79. The molecule has 0 aliphatic carbocycles. The number of primary sulfonamides is 1. The lowest BCUT2D eigenvalue weighted by Gasteiger charge is -2.21. The van der Waals surface area contributed by atoms with Crippen LogP contribution in [0.25, 0.3) is 0 Å². The standard InChI is InChI=1S/C12H15N3O5S/c1-7-3-9(15(17)18)4-8(2)12(7)14-6-10(5-11(14)16)21(13,19)20/h3-4,10H,5-6H2,1-2H3,(H2,13,19,20). The normalized spacial score (nSPS) is 19.1. The molecule has 0 saturated carbocycles. The number of anilines is 1. The average Bonchev–Trinajstić information content (AvgIpc) is 2.70. The first-order valence-corrected chi connectivity index (χ1v) is 7.80. The summed E-state index contributed by atoms with van der Waals surface area (Å²) in [6.45, 7) is 3.26. The molecule has 0 radical (unpaired) electrons. The molecule has 1 atom stereocenters. The van der Waals surface area contributed by atoms with Gasteiger partial charge in [0.15, 0.2) is 0 Å². The van der Waals surface area contributed by atoms with Gasteiger partial charge in [0.05, 0.1) is 4.92 Å². The van der Waals surface area contributed by atoms with E-state index in [9.17, 15) is 23.3 Å². The lowest BCUT2D eigenvalue weighted by atomic mass is 10.1.